The fraction of sp³-hybridized carbons (Fsp3) is 0.321. The summed E-state index contributed by atoms with van der Waals surface area (Å²) < 4.78 is 33.4. The van der Waals surface area contributed by atoms with E-state index in [4.69, 9.17) is 4.74 Å². The third-order valence-corrected chi connectivity index (χ3v) is 8.44. The lowest BCUT2D eigenvalue weighted by Crippen LogP contribution is -2.42. The van der Waals surface area contributed by atoms with Crippen LogP contribution < -0.4 is 10.1 Å². The molecule has 0 unspecified atom stereocenters. The average molecular weight is 493 g/mol. The highest BCUT2D eigenvalue weighted by Gasteiger charge is 2.32. The van der Waals surface area contributed by atoms with E-state index in [1.165, 1.54) is 4.31 Å². The van der Waals surface area contributed by atoms with Gasteiger partial charge in [-0.2, -0.15) is 4.31 Å². The number of aryl methyl sites for hydroxylation is 2. The fourth-order valence-electron chi connectivity index (χ4n) is 4.23. The Labute approximate surface area is 208 Å². The molecule has 0 aliphatic carbocycles. The van der Waals surface area contributed by atoms with Crippen LogP contribution in [0, 0.1) is 19.8 Å². The van der Waals surface area contributed by atoms with E-state index in [0.29, 0.717) is 44.0 Å². The Bertz CT molecular complexity index is 1270. The second-order valence-electron chi connectivity index (χ2n) is 9.06. The molecule has 6 nitrogen and oxygen atoms in total. The summed E-state index contributed by atoms with van der Waals surface area (Å²) in [7, 11) is -3.55. The number of benzene rings is 3. The molecular weight excluding hydrogens is 460 g/mol. The fourth-order valence-corrected chi connectivity index (χ4v) is 5.78. The van der Waals surface area contributed by atoms with Crippen LogP contribution in [-0.2, 0) is 28.0 Å². The van der Waals surface area contributed by atoms with Crippen molar-refractivity contribution in [1.29, 1.82) is 0 Å². The Morgan fingerprint density at radius 1 is 0.914 bits per heavy atom. The van der Waals surface area contributed by atoms with Crippen molar-refractivity contribution >= 4 is 15.9 Å². The van der Waals surface area contributed by atoms with Gasteiger partial charge in [0.05, 0.1) is 4.90 Å². The Morgan fingerprint density at radius 3 is 2.34 bits per heavy atom. The molecule has 0 atom stereocenters. The summed E-state index contributed by atoms with van der Waals surface area (Å²) in [5, 5.41) is 3.02. The zero-order valence-electron chi connectivity index (χ0n) is 20.2. The number of carbonyl (C=O) groups excluding carboxylic acids is 1. The zero-order chi connectivity index (χ0) is 24.8. The molecule has 1 saturated heterocycles. The summed E-state index contributed by atoms with van der Waals surface area (Å²) in [5.41, 5.74) is 4.05. The maximum atomic E-state index is 13.0. The standard InChI is InChI=1S/C28H32N2O4S/c1-21-11-12-27(17-22(21)2)35(32,33)30-15-13-25(14-16-30)28(31)29-19-23-7-6-8-24(18-23)20-34-26-9-4-3-5-10-26/h3-12,17-18,25H,13-16,19-20H2,1-2H3,(H,29,31). The third kappa shape index (κ3) is 6.29. The van der Waals surface area contributed by atoms with Gasteiger partial charge in [0.15, 0.2) is 0 Å². The van der Waals surface area contributed by atoms with Gasteiger partial charge in [0.25, 0.3) is 0 Å². The molecule has 1 aliphatic heterocycles. The first kappa shape index (κ1) is 24.9. The van der Waals surface area contributed by atoms with Crippen LogP contribution in [-0.4, -0.2) is 31.7 Å². The van der Waals surface area contributed by atoms with Crippen molar-refractivity contribution in [1.82, 2.24) is 9.62 Å². The molecule has 0 aromatic heterocycles. The number of hydrogen-bond acceptors (Lipinski definition) is 4. The first-order valence-electron chi connectivity index (χ1n) is 11.9. The highest BCUT2D eigenvalue weighted by Crippen LogP contribution is 2.25. The van der Waals surface area contributed by atoms with E-state index in [0.717, 1.165) is 28.0 Å². The van der Waals surface area contributed by atoms with E-state index < -0.39 is 10.0 Å². The van der Waals surface area contributed by atoms with Crippen molar-refractivity contribution < 1.29 is 17.9 Å². The zero-order valence-corrected chi connectivity index (χ0v) is 21.1. The highest BCUT2D eigenvalue weighted by molar-refractivity contribution is 7.89. The van der Waals surface area contributed by atoms with E-state index in [9.17, 15) is 13.2 Å². The monoisotopic (exact) mass is 492 g/mol. The van der Waals surface area contributed by atoms with Crippen LogP contribution in [0.15, 0.2) is 77.7 Å². The second-order valence-corrected chi connectivity index (χ2v) is 11.0. The molecule has 1 heterocycles. The number of carbonyl (C=O) groups is 1. The summed E-state index contributed by atoms with van der Waals surface area (Å²) in [5.74, 6) is 0.599. The molecule has 184 valence electrons. The highest BCUT2D eigenvalue weighted by atomic mass is 32.2. The van der Waals surface area contributed by atoms with Crippen LogP contribution in [0.3, 0.4) is 0 Å². The van der Waals surface area contributed by atoms with Gasteiger partial charge < -0.3 is 10.1 Å². The predicted molar refractivity (Wildman–Crippen MR) is 136 cm³/mol. The van der Waals surface area contributed by atoms with Crippen LogP contribution in [0.25, 0.3) is 0 Å². The largest absolute Gasteiger partial charge is 0.489 e. The number of hydrogen-bond donors (Lipinski definition) is 1. The van der Waals surface area contributed by atoms with Gasteiger partial charge in [-0.3, -0.25) is 4.79 Å². The molecule has 35 heavy (non-hydrogen) atoms. The summed E-state index contributed by atoms with van der Waals surface area (Å²) in [6, 6.07) is 22.8. The molecule has 3 aromatic rings. The van der Waals surface area contributed by atoms with Crippen molar-refractivity contribution in [3.05, 3.63) is 95.1 Å². The first-order valence-corrected chi connectivity index (χ1v) is 13.4. The van der Waals surface area contributed by atoms with Gasteiger partial charge in [0, 0.05) is 25.6 Å². The smallest absolute Gasteiger partial charge is 0.243 e. The minimum absolute atomic E-state index is 0.0285. The van der Waals surface area contributed by atoms with Crippen molar-refractivity contribution in [2.75, 3.05) is 13.1 Å². The minimum Gasteiger partial charge on any atom is -0.489 e. The average Bonchev–Trinajstić information content (AvgIpc) is 2.88. The molecule has 0 spiro atoms. The maximum Gasteiger partial charge on any atom is 0.243 e. The Balaban J connectivity index is 1.27. The lowest BCUT2D eigenvalue weighted by atomic mass is 9.97. The maximum absolute atomic E-state index is 13.0. The number of piperidine rings is 1. The van der Waals surface area contributed by atoms with Gasteiger partial charge in [-0.1, -0.05) is 48.5 Å². The molecule has 0 bridgehead atoms. The quantitative estimate of drug-likeness (QED) is 0.499. The van der Waals surface area contributed by atoms with Crippen LogP contribution in [0.2, 0.25) is 0 Å². The first-order chi connectivity index (χ1) is 16.8. The number of sulfonamides is 1. The van der Waals surface area contributed by atoms with Crippen molar-refractivity contribution in [2.24, 2.45) is 5.92 Å². The Kier molecular flexibility index (Phi) is 7.88. The van der Waals surface area contributed by atoms with Crippen LogP contribution in [0.5, 0.6) is 5.75 Å². The lowest BCUT2D eigenvalue weighted by molar-refractivity contribution is -0.126. The molecule has 1 amide bonds. The number of nitrogens with one attached hydrogen (secondary N) is 1. The third-order valence-electron chi connectivity index (χ3n) is 6.55. The minimum atomic E-state index is -3.55. The van der Waals surface area contributed by atoms with Crippen molar-refractivity contribution in [3.63, 3.8) is 0 Å². The van der Waals surface area contributed by atoms with Gasteiger partial charge in [-0.25, -0.2) is 8.42 Å². The van der Waals surface area contributed by atoms with Gasteiger partial charge in [-0.15, -0.1) is 0 Å². The number of rotatable bonds is 8. The van der Waals surface area contributed by atoms with E-state index in [1.54, 1.807) is 12.1 Å². The van der Waals surface area contributed by atoms with Gasteiger partial charge >= 0.3 is 0 Å². The molecule has 0 saturated carbocycles. The molecule has 1 N–H and O–H groups in total. The molecule has 1 fully saturated rings. The number of para-hydroxylation sites is 1. The predicted octanol–water partition coefficient (Wildman–Crippen LogP) is 4.60. The normalized spacial score (nSPS) is 15.0. The number of amides is 1. The van der Waals surface area contributed by atoms with E-state index >= 15 is 0 Å². The summed E-state index contributed by atoms with van der Waals surface area (Å²) in [6.45, 7) is 5.46. The van der Waals surface area contributed by atoms with Gasteiger partial charge in [0.1, 0.15) is 12.4 Å². The van der Waals surface area contributed by atoms with Crippen molar-refractivity contribution in [3.8, 4) is 5.75 Å². The lowest BCUT2D eigenvalue weighted by Gasteiger charge is -2.30. The van der Waals surface area contributed by atoms with Crippen LogP contribution in [0.4, 0.5) is 0 Å². The molecule has 0 radical (unpaired) electrons. The summed E-state index contributed by atoms with van der Waals surface area (Å²) >= 11 is 0. The van der Waals surface area contributed by atoms with Crippen molar-refractivity contribution in [2.45, 2.75) is 44.7 Å². The van der Waals surface area contributed by atoms with Crippen LogP contribution >= 0.6 is 0 Å². The number of ether oxygens (including phenoxy) is 1. The van der Waals surface area contributed by atoms with Gasteiger partial charge in [-0.05, 0) is 73.2 Å². The Hall–Kier alpha value is -3.16. The van der Waals surface area contributed by atoms with E-state index in [1.807, 2.05) is 74.5 Å². The van der Waals surface area contributed by atoms with E-state index in [2.05, 4.69) is 5.32 Å². The Morgan fingerprint density at radius 2 is 1.63 bits per heavy atom. The molecule has 4 rings (SSSR count). The molecular formula is C28H32N2O4S. The summed E-state index contributed by atoms with van der Waals surface area (Å²) in [6.07, 6.45) is 1.03. The van der Waals surface area contributed by atoms with Gasteiger partial charge in [0.2, 0.25) is 15.9 Å². The number of nitrogens with zero attached hydrogens (tertiary/aromatic N) is 1. The molecule has 7 heteroatoms. The topological polar surface area (TPSA) is 75.7 Å². The molecule has 3 aromatic carbocycles. The van der Waals surface area contributed by atoms with Crippen LogP contribution in [0.1, 0.15) is 35.1 Å². The summed E-state index contributed by atoms with van der Waals surface area (Å²) in [4.78, 5) is 13.1. The second kappa shape index (κ2) is 11.1. The molecule has 1 aliphatic rings. The van der Waals surface area contributed by atoms with E-state index in [-0.39, 0.29) is 11.8 Å². The SMILES string of the molecule is Cc1ccc(S(=O)(=O)N2CCC(C(=O)NCc3cccc(COc4ccccc4)c3)CC2)cc1C.